The number of carbonyl (C=O) groups excluding carboxylic acids is 1. The molecule has 29 heavy (non-hydrogen) atoms. The van der Waals surface area contributed by atoms with Crippen LogP contribution in [0.15, 0.2) is 36.5 Å². The van der Waals surface area contributed by atoms with Crippen LogP contribution in [0.2, 0.25) is 0 Å². The van der Waals surface area contributed by atoms with Gasteiger partial charge in [0.05, 0.1) is 25.0 Å². The lowest BCUT2D eigenvalue weighted by Gasteiger charge is -2.37. The second-order valence-corrected chi connectivity index (χ2v) is 7.47. The number of aliphatic hydroxyl groups is 1. The lowest BCUT2D eigenvalue weighted by Crippen LogP contribution is -2.47. The Hall–Kier alpha value is -2.64. The van der Waals surface area contributed by atoms with Crippen molar-refractivity contribution in [3.63, 3.8) is 0 Å². The predicted octanol–water partition coefficient (Wildman–Crippen LogP) is 1.65. The van der Waals surface area contributed by atoms with Gasteiger partial charge in [-0.15, -0.1) is 0 Å². The van der Waals surface area contributed by atoms with Gasteiger partial charge in [-0.25, -0.2) is 0 Å². The van der Waals surface area contributed by atoms with Crippen LogP contribution in [0.4, 0.5) is 5.69 Å². The molecule has 156 valence electrons. The number of hydrogen-bond acceptors (Lipinski definition) is 6. The number of piperazine rings is 1. The number of nitrogens with zero attached hydrogens (tertiary/aromatic N) is 4. The molecule has 2 heterocycles. The Morgan fingerprint density at radius 1 is 1.17 bits per heavy atom. The maximum absolute atomic E-state index is 12.7. The van der Waals surface area contributed by atoms with Crippen molar-refractivity contribution in [1.82, 2.24) is 14.8 Å². The molecule has 1 N–H and O–H groups in total. The van der Waals surface area contributed by atoms with E-state index in [0.717, 1.165) is 44.8 Å². The van der Waals surface area contributed by atoms with E-state index in [1.807, 2.05) is 30.3 Å². The van der Waals surface area contributed by atoms with E-state index in [4.69, 9.17) is 4.74 Å². The maximum atomic E-state index is 12.7. The summed E-state index contributed by atoms with van der Waals surface area (Å²) in [4.78, 5) is 23.1. The first kappa shape index (κ1) is 21.1. The van der Waals surface area contributed by atoms with Crippen molar-refractivity contribution in [2.24, 2.45) is 0 Å². The SMILES string of the molecule is COc1ccc(N2CCN(CCc3ccnc(CO)c3)CC2)c(C(=O)N(C)C)c1. The molecule has 7 nitrogen and oxygen atoms in total. The number of aromatic nitrogens is 1. The zero-order chi connectivity index (χ0) is 20.8. The van der Waals surface area contributed by atoms with Crippen molar-refractivity contribution in [3.05, 3.63) is 53.3 Å². The normalized spacial score (nSPS) is 14.7. The molecule has 3 rings (SSSR count). The number of methoxy groups -OCH3 is 1. The number of hydrogen-bond donors (Lipinski definition) is 1. The van der Waals surface area contributed by atoms with Gasteiger partial charge in [-0.1, -0.05) is 0 Å². The Balaban J connectivity index is 1.62. The highest BCUT2D eigenvalue weighted by Crippen LogP contribution is 2.27. The van der Waals surface area contributed by atoms with Crippen LogP contribution in [-0.2, 0) is 13.0 Å². The fourth-order valence-electron chi connectivity index (χ4n) is 3.60. The monoisotopic (exact) mass is 398 g/mol. The van der Waals surface area contributed by atoms with E-state index < -0.39 is 0 Å². The van der Waals surface area contributed by atoms with Gasteiger partial charge in [-0.2, -0.15) is 0 Å². The molecule has 0 saturated carbocycles. The van der Waals surface area contributed by atoms with Gasteiger partial charge in [-0.3, -0.25) is 14.7 Å². The van der Waals surface area contributed by atoms with E-state index in [0.29, 0.717) is 17.0 Å². The van der Waals surface area contributed by atoms with Crippen molar-refractivity contribution in [3.8, 4) is 5.75 Å². The van der Waals surface area contributed by atoms with Crippen molar-refractivity contribution >= 4 is 11.6 Å². The minimum Gasteiger partial charge on any atom is -0.497 e. The molecular weight excluding hydrogens is 368 g/mol. The number of anilines is 1. The summed E-state index contributed by atoms with van der Waals surface area (Å²) in [7, 11) is 5.15. The van der Waals surface area contributed by atoms with E-state index in [9.17, 15) is 9.90 Å². The molecule has 0 unspecified atom stereocenters. The van der Waals surface area contributed by atoms with Crippen molar-refractivity contribution in [2.45, 2.75) is 13.0 Å². The van der Waals surface area contributed by atoms with Crippen LogP contribution in [0.25, 0.3) is 0 Å². The summed E-state index contributed by atoms with van der Waals surface area (Å²) in [6.07, 6.45) is 2.69. The molecule has 0 spiro atoms. The first-order chi connectivity index (χ1) is 14.0. The highest BCUT2D eigenvalue weighted by Gasteiger charge is 2.23. The fourth-order valence-corrected chi connectivity index (χ4v) is 3.60. The average molecular weight is 399 g/mol. The first-order valence-electron chi connectivity index (χ1n) is 9.93. The standard InChI is InChI=1S/C22H30N4O3/c1-24(2)22(28)20-15-19(29-3)4-5-21(20)26-12-10-25(11-13-26)9-7-17-6-8-23-18(14-17)16-27/h4-6,8,14-15,27H,7,9-13,16H2,1-3H3. The highest BCUT2D eigenvalue weighted by atomic mass is 16.5. The van der Waals surface area contributed by atoms with E-state index in [2.05, 4.69) is 14.8 Å². The topological polar surface area (TPSA) is 69.1 Å². The Bertz CT molecular complexity index is 833. The molecule has 0 bridgehead atoms. The van der Waals surface area contributed by atoms with Gasteiger partial charge in [0, 0.05) is 58.7 Å². The molecule has 0 atom stereocenters. The minimum atomic E-state index is -0.0254. The number of rotatable bonds is 7. The van der Waals surface area contributed by atoms with Gasteiger partial charge in [0.15, 0.2) is 0 Å². The van der Waals surface area contributed by atoms with Gasteiger partial charge >= 0.3 is 0 Å². The molecule has 0 aliphatic carbocycles. The molecule has 1 aromatic carbocycles. The van der Waals surface area contributed by atoms with Gasteiger partial charge in [-0.05, 0) is 42.3 Å². The fraction of sp³-hybridized carbons (Fsp3) is 0.455. The van der Waals surface area contributed by atoms with Crippen LogP contribution in [-0.4, -0.2) is 79.7 Å². The second-order valence-electron chi connectivity index (χ2n) is 7.47. The van der Waals surface area contributed by atoms with Gasteiger partial charge < -0.3 is 19.6 Å². The molecular formula is C22H30N4O3. The number of amides is 1. The zero-order valence-corrected chi connectivity index (χ0v) is 17.5. The molecule has 0 radical (unpaired) electrons. The van der Waals surface area contributed by atoms with Crippen molar-refractivity contribution < 1.29 is 14.6 Å². The molecule has 1 amide bonds. The lowest BCUT2D eigenvalue weighted by atomic mass is 10.1. The number of pyridine rings is 1. The summed E-state index contributed by atoms with van der Waals surface area (Å²) in [5.74, 6) is 0.677. The molecule has 1 aliphatic rings. The summed E-state index contributed by atoms with van der Waals surface area (Å²) in [6, 6.07) is 9.69. The Morgan fingerprint density at radius 3 is 2.59 bits per heavy atom. The molecule has 7 heteroatoms. The van der Waals surface area contributed by atoms with E-state index >= 15 is 0 Å². The smallest absolute Gasteiger partial charge is 0.255 e. The molecule has 1 saturated heterocycles. The van der Waals surface area contributed by atoms with E-state index in [-0.39, 0.29) is 12.5 Å². The Kier molecular flexibility index (Phi) is 7.06. The van der Waals surface area contributed by atoms with Gasteiger partial charge in [0.25, 0.3) is 5.91 Å². The predicted molar refractivity (Wildman–Crippen MR) is 114 cm³/mol. The average Bonchev–Trinajstić information content (AvgIpc) is 2.77. The van der Waals surface area contributed by atoms with E-state index in [1.54, 1.807) is 32.3 Å². The number of ether oxygens (including phenoxy) is 1. The first-order valence-corrected chi connectivity index (χ1v) is 9.93. The van der Waals surface area contributed by atoms with Crippen molar-refractivity contribution in [2.75, 3.05) is 58.8 Å². The third-order valence-corrected chi connectivity index (χ3v) is 5.31. The summed E-state index contributed by atoms with van der Waals surface area (Å²) in [5, 5.41) is 9.23. The van der Waals surface area contributed by atoms with Crippen LogP contribution in [0.3, 0.4) is 0 Å². The summed E-state index contributed by atoms with van der Waals surface area (Å²) >= 11 is 0. The van der Waals surface area contributed by atoms with Gasteiger partial charge in [0.1, 0.15) is 5.75 Å². The van der Waals surface area contributed by atoms with Gasteiger partial charge in [0.2, 0.25) is 0 Å². The zero-order valence-electron chi connectivity index (χ0n) is 17.5. The Morgan fingerprint density at radius 2 is 1.93 bits per heavy atom. The quantitative estimate of drug-likeness (QED) is 0.765. The van der Waals surface area contributed by atoms with Crippen LogP contribution in [0, 0.1) is 0 Å². The Labute approximate surface area is 172 Å². The van der Waals surface area contributed by atoms with Crippen LogP contribution < -0.4 is 9.64 Å². The van der Waals surface area contributed by atoms with Crippen molar-refractivity contribution in [1.29, 1.82) is 0 Å². The third kappa shape index (κ3) is 5.25. The lowest BCUT2D eigenvalue weighted by molar-refractivity contribution is 0.0827. The molecule has 2 aromatic rings. The van der Waals surface area contributed by atoms with E-state index in [1.165, 1.54) is 5.56 Å². The molecule has 1 aliphatic heterocycles. The minimum absolute atomic E-state index is 0.0151. The summed E-state index contributed by atoms with van der Waals surface area (Å²) < 4.78 is 5.32. The summed E-state index contributed by atoms with van der Waals surface area (Å²) in [5.41, 5.74) is 3.55. The summed E-state index contributed by atoms with van der Waals surface area (Å²) in [6.45, 7) is 4.58. The number of aliphatic hydroxyl groups excluding tert-OH is 1. The van der Waals surface area contributed by atoms with Crippen LogP contribution >= 0.6 is 0 Å². The van der Waals surface area contributed by atoms with Crippen LogP contribution in [0.1, 0.15) is 21.6 Å². The molecule has 1 fully saturated rings. The largest absolute Gasteiger partial charge is 0.497 e. The maximum Gasteiger partial charge on any atom is 0.255 e. The molecule has 1 aromatic heterocycles. The third-order valence-electron chi connectivity index (χ3n) is 5.31. The number of benzene rings is 1. The van der Waals surface area contributed by atoms with Crippen LogP contribution in [0.5, 0.6) is 5.75 Å². The second kappa shape index (κ2) is 9.71. The highest BCUT2D eigenvalue weighted by molar-refractivity contribution is 6.00. The number of carbonyl (C=O) groups is 1.